The van der Waals surface area contributed by atoms with E-state index in [0.717, 1.165) is 53.5 Å². The number of aromatic hydroxyl groups is 1. The summed E-state index contributed by atoms with van der Waals surface area (Å²) in [6.45, 7) is 5.12. The average molecular weight is 618 g/mol. The molecule has 3 aromatic rings. The Morgan fingerprint density at radius 3 is 2.31 bits per heavy atom. The van der Waals surface area contributed by atoms with Crippen molar-refractivity contribution in [3.05, 3.63) is 95.1 Å². The highest BCUT2D eigenvalue weighted by Gasteiger charge is 2.27. The van der Waals surface area contributed by atoms with E-state index in [2.05, 4.69) is 21.3 Å². The fraction of sp³-hybridized carbons (Fsp3) is 0.303. The van der Waals surface area contributed by atoms with Crippen LogP contribution in [0.4, 0.5) is 4.39 Å². The first-order valence-corrected chi connectivity index (χ1v) is 14.4. The van der Waals surface area contributed by atoms with Gasteiger partial charge < -0.3 is 20.2 Å². The molecule has 3 N–H and O–H groups in total. The Bertz CT molecular complexity index is 1630. The van der Waals surface area contributed by atoms with Crippen molar-refractivity contribution in [3.8, 4) is 5.75 Å². The summed E-state index contributed by atoms with van der Waals surface area (Å²) in [5.41, 5.74) is 2.99. The second-order valence-corrected chi connectivity index (χ2v) is 11.0. The van der Waals surface area contributed by atoms with Crippen LogP contribution < -0.4 is 5.32 Å². The summed E-state index contributed by atoms with van der Waals surface area (Å²) < 4.78 is 13.4. The number of carboxylic acids is 2. The van der Waals surface area contributed by atoms with E-state index in [1.54, 1.807) is 30.2 Å². The van der Waals surface area contributed by atoms with E-state index in [4.69, 9.17) is 10.2 Å². The van der Waals surface area contributed by atoms with Crippen LogP contribution in [0.15, 0.2) is 72.5 Å². The number of piperidine rings is 1. The third kappa shape index (κ3) is 9.70. The van der Waals surface area contributed by atoms with Crippen LogP contribution in [0.1, 0.15) is 40.9 Å². The van der Waals surface area contributed by atoms with Gasteiger partial charge in [0, 0.05) is 57.1 Å². The zero-order chi connectivity index (χ0) is 32.5. The SMILES string of the molecule is Cc1cnc(C(=O)N2CCC(=CC(=O)[N][C@@H]3CCN(Cc4ccc5cc(F)ccc5c4)C3)CC2)c(O)c1.O=C(O)/C=C/C(=O)O. The number of carbonyl (C=O) groups excluding carboxylic acids is 2. The third-order valence-corrected chi connectivity index (χ3v) is 7.43. The number of rotatable bonds is 7. The summed E-state index contributed by atoms with van der Waals surface area (Å²) in [7, 11) is 0. The lowest BCUT2D eigenvalue weighted by Gasteiger charge is -2.28. The van der Waals surface area contributed by atoms with Crippen LogP contribution in [0, 0.1) is 12.7 Å². The third-order valence-electron chi connectivity index (χ3n) is 7.43. The van der Waals surface area contributed by atoms with Crippen molar-refractivity contribution in [1.82, 2.24) is 20.1 Å². The number of carboxylic acid groups (broad SMARTS) is 2. The van der Waals surface area contributed by atoms with Crippen LogP contribution in [-0.2, 0) is 20.9 Å². The molecule has 0 unspecified atom stereocenters. The quantitative estimate of drug-likeness (QED) is 0.336. The summed E-state index contributed by atoms with van der Waals surface area (Å²) in [6, 6.07) is 12.4. The molecule has 45 heavy (non-hydrogen) atoms. The van der Waals surface area contributed by atoms with E-state index >= 15 is 0 Å². The van der Waals surface area contributed by atoms with Gasteiger partial charge in [0.1, 0.15) is 11.6 Å². The van der Waals surface area contributed by atoms with Crippen molar-refractivity contribution in [2.45, 2.75) is 38.8 Å². The molecule has 12 heteroatoms. The molecule has 1 aromatic heterocycles. The summed E-state index contributed by atoms with van der Waals surface area (Å²) in [6.07, 6.45) is 6.34. The first kappa shape index (κ1) is 32.8. The number of halogens is 1. The molecule has 5 rings (SSSR count). The van der Waals surface area contributed by atoms with Crippen molar-refractivity contribution < 1.29 is 38.9 Å². The van der Waals surface area contributed by atoms with Crippen LogP contribution in [-0.4, -0.2) is 86.1 Å². The lowest BCUT2D eigenvalue weighted by atomic mass is 10.0. The largest absolute Gasteiger partial charge is 0.505 e. The molecule has 2 amide bonds. The number of fused-ring (bicyclic) bond motifs is 1. The molecule has 2 aliphatic rings. The molecule has 2 fully saturated rings. The van der Waals surface area contributed by atoms with Gasteiger partial charge in [-0.15, -0.1) is 0 Å². The fourth-order valence-corrected chi connectivity index (χ4v) is 5.23. The minimum absolute atomic E-state index is 0.0313. The van der Waals surface area contributed by atoms with Gasteiger partial charge in [0.15, 0.2) is 5.69 Å². The predicted octanol–water partition coefficient (Wildman–Crippen LogP) is 3.67. The number of hydrogen-bond acceptors (Lipinski definition) is 7. The second kappa shape index (κ2) is 15.1. The predicted molar refractivity (Wildman–Crippen MR) is 163 cm³/mol. The molecule has 2 saturated heterocycles. The number of aromatic nitrogens is 1. The number of benzene rings is 2. The topological polar surface area (TPSA) is 162 Å². The summed E-state index contributed by atoms with van der Waals surface area (Å²) >= 11 is 0. The number of nitrogens with zero attached hydrogens (tertiary/aromatic N) is 4. The zero-order valence-corrected chi connectivity index (χ0v) is 24.7. The van der Waals surface area contributed by atoms with Crippen LogP contribution in [0.25, 0.3) is 10.8 Å². The van der Waals surface area contributed by atoms with E-state index in [1.165, 1.54) is 18.2 Å². The maximum absolute atomic E-state index is 13.4. The molecule has 0 aliphatic carbocycles. The number of pyridine rings is 1. The van der Waals surface area contributed by atoms with E-state index in [0.29, 0.717) is 38.1 Å². The van der Waals surface area contributed by atoms with E-state index in [-0.39, 0.29) is 35.1 Å². The van der Waals surface area contributed by atoms with E-state index in [1.807, 2.05) is 12.1 Å². The van der Waals surface area contributed by atoms with E-state index < -0.39 is 11.9 Å². The van der Waals surface area contributed by atoms with Crippen LogP contribution in [0.3, 0.4) is 0 Å². The van der Waals surface area contributed by atoms with Crippen molar-refractivity contribution in [1.29, 1.82) is 0 Å². The highest BCUT2D eigenvalue weighted by atomic mass is 19.1. The van der Waals surface area contributed by atoms with Crippen LogP contribution in [0.5, 0.6) is 5.75 Å². The van der Waals surface area contributed by atoms with Gasteiger partial charge in [-0.1, -0.05) is 23.8 Å². The average Bonchev–Trinajstić information content (AvgIpc) is 3.42. The van der Waals surface area contributed by atoms with Gasteiger partial charge in [-0.3, -0.25) is 14.5 Å². The minimum Gasteiger partial charge on any atom is -0.505 e. The monoisotopic (exact) mass is 617 g/mol. The van der Waals surface area contributed by atoms with Gasteiger partial charge in [-0.2, -0.15) is 0 Å². The molecule has 2 aromatic carbocycles. The Morgan fingerprint density at radius 1 is 0.978 bits per heavy atom. The lowest BCUT2D eigenvalue weighted by Crippen LogP contribution is -2.37. The molecular weight excluding hydrogens is 583 g/mol. The van der Waals surface area contributed by atoms with E-state index in [9.17, 15) is 28.7 Å². The molecule has 0 bridgehead atoms. The van der Waals surface area contributed by atoms with Gasteiger partial charge in [0.2, 0.25) is 0 Å². The van der Waals surface area contributed by atoms with Crippen molar-refractivity contribution >= 4 is 34.5 Å². The van der Waals surface area contributed by atoms with Crippen LogP contribution in [0.2, 0.25) is 0 Å². The molecule has 3 heterocycles. The molecule has 1 radical (unpaired) electrons. The van der Waals surface area contributed by atoms with Crippen molar-refractivity contribution in [2.75, 3.05) is 26.2 Å². The number of hydrogen-bond donors (Lipinski definition) is 3. The Hall–Kier alpha value is -5.10. The standard InChI is InChI=1S/C29H30FN4O3.C4H4O4/c1-19-12-26(35)28(31-16-19)29(37)34-10-6-20(7-11-34)14-27(36)32-25-8-9-33(18-25)17-21-2-3-23-15-24(30)5-4-22(23)13-21;5-3(6)1-2-4(7)8/h2-5,12-16,25,35H,6-11,17-18H2,1H3;1-2H,(H,5,6)(H,7,8)/b;2-1+/t25-;/m1./s1. The molecule has 0 saturated carbocycles. The van der Waals surface area contributed by atoms with Gasteiger partial charge in [-0.05, 0) is 72.4 Å². The Labute approximate surface area is 259 Å². The molecule has 235 valence electrons. The maximum Gasteiger partial charge on any atom is 0.328 e. The first-order valence-electron chi connectivity index (χ1n) is 14.4. The minimum atomic E-state index is -1.26. The van der Waals surface area contributed by atoms with Crippen molar-refractivity contribution in [2.24, 2.45) is 0 Å². The smallest absolute Gasteiger partial charge is 0.328 e. The number of aliphatic carboxylic acids is 2. The molecule has 0 spiro atoms. The Balaban J connectivity index is 0.000000510. The Kier molecular flexibility index (Phi) is 11.0. The summed E-state index contributed by atoms with van der Waals surface area (Å²) in [4.78, 5) is 52.5. The maximum atomic E-state index is 13.4. The first-order chi connectivity index (χ1) is 21.5. The van der Waals surface area contributed by atoms with Crippen LogP contribution >= 0.6 is 0 Å². The molecule has 2 aliphatic heterocycles. The highest BCUT2D eigenvalue weighted by molar-refractivity contribution is 5.95. The number of likely N-dealkylation sites (tertiary alicyclic amines) is 2. The summed E-state index contributed by atoms with van der Waals surface area (Å²) in [5.74, 6) is -3.37. The molecule has 1 atom stereocenters. The fourth-order valence-electron chi connectivity index (χ4n) is 5.23. The molecule has 11 nitrogen and oxygen atoms in total. The van der Waals surface area contributed by atoms with Gasteiger partial charge in [-0.25, -0.2) is 24.3 Å². The number of carbonyl (C=O) groups is 4. The number of aryl methyl sites for hydroxylation is 1. The summed E-state index contributed by atoms with van der Waals surface area (Å²) in [5, 5.41) is 32.0. The second-order valence-electron chi connectivity index (χ2n) is 11.0. The Morgan fingerprint density at radius 2 is 1.64 bits per heavy atom. The molecular formula is C33H34FN4O7. The van der Waals surface area contributed by atoms with Crippen molar-refractivity contribution in [3.63, 3.8) is 0 Å². The number of amides is 2. The highest BCUT2D eigenvalue weighted by Crippen LogP contribution is 2.23. The normalized spacial score (nSPS) is 16.7. The van der Waals surface area contributed by atoms with Gasteiger partial charge in [0.05, 0.1) is 6.04 Å². The van der Waals surface area contributed by atoms with Gasteiger partial charge in [0.25, 0.3) is 11.8 Å². The lowest BCUT2D eigenvalue weighted by molar-refractivity contribution is -0.134. The van der Waals surface area contributed by atoms with Gasteiger partial charge >= 0.3 is 11.9 Å². The zero-order valence-electron chi connectivity index (χ0n) is 24.7.